The van der Waals surface area contributed by atoms with Gasteiger partial charge in [-0.3, -0.25) is 9.59 Å². The van der Waals surface area contributed by atoms with Gasteiger partial charge in [-0.25, -0.2) is 13.1 Å². The van der Waals surface area contributed by atoms with Gasteiger partial charge in [0.2, 0.25) is 22.7 Å². The molecule has 0 radical (unpaired) electrons. The Morgan fingerprint density at radius 1 is 1.00 bits per heavy atom. The molecule has 1 fully saturated rings. The number of carboxylic acid groups (broad SMARTS) is 1. The summed E-state index contributed by atoms with van der Waals surface area (Å²) in [5, 5.41) is 11.8. The third kappa shape index (κ3) is 5.03. The SMILES string of the molecule is Cc1ccc(NC(=O)C2(c3ccc4c(c3)OCO4)CC2)cc1-c1ccc(S(=O)(=O)NCCC(=O)O)cc1.[HH].[HH]. The predicted molar refractivity (Wildman–Crippen MR) is 140 cm³/mol. The van der Waals surface area contributed by atoms with E-state index in [1.807, 2.05) is 43.3 Å². The second-order valence-electron chi connectivity index (χ2n) is 9.20. The van der Waals surface area contributed by atoms with E-state index in [1.165, 1.54) is 12.1 Å². The maximum atomic E-state index is 13.3. The van der Waals surface area contributed by atoms with E-state index >= 15 is 0 Å². The fourth-order valence-electron chi connectivity index (χ4n) is 4.42. The highest BCUT2D eigenvalue weighted by atomic mass is 32.2. The summed E-state index contributed by atoms with van der Waals surface area (Å²) in [6.45, 7) is 1.93. The third-order valence-corrected chi connectivity index (χ3v) is 8.19. The molecule has 9 nitrogen and oxygen atoms in total. The van der Waals surface area contributed by atoms with E-state index in [0.717, 1.165) is 35.1 Å². The summed E-state index contributed by atoms with van der Waals surface area (Å²) in [4.78, 5) is 24.0. The summed E-state index contributed by atoms with van der Waals surface area (Å²) in [7, 11) is -3.82. The number of carbonyl (C=O) groups is 2. The highest BCUT2D eigenvalue weighted by molar-refractivity contribution is 7.89. The van der Waals surface area contributed by atoms with Crippen molar-refractivity contribution in [2.75, 3.05) is 18.7 Å². The number of aryl methyl sites for hydroxylation is 1. The Kier molecular flexibility index (Phi) is 6.38. The molecular weight excluding hydrogens is 496 g/mol. The topological polar surface area (TPSA) is 131 Å². The Hall–Kier alpha value is -3.89. The number of carboxylic acids is 1. The second kappa shape index (κ2) is 9.53. The van der Waals surface area contributed by atoms with Crippen LogP contribution in [-0.2, 0) is 25.0 Å². The molecule has 196 valence electrons. The Bertz CT molecular complexity index is 1490. The number of aliphatic carboxylic acids is 1. The van der Waals surface area contributed by atoms with Crippen LogP contribution in [0.15, 0.2) is 65.6 Å². The van der Waals surface area contributed by atoms with Gasteiger partial charge in [0.1, 0.15) is 0 Å². The largest absolute Gasteiger partial charge is 0.481 e. The number of sulfonamides is 1. The summed E-state index contributed by atoms with van der Waals surface area (Å²) < 4.78 is 38.0. The summed E-state index contributed by atoms with van der Waals surface area (Å²) in [5.41, 5.74) is 3.55. The standard InChI is InChI=1S/C27H26N2O7S.2H2/c1-17-2-6-20(29-26(32)27(11-12-27)19-5-9-23-24(14-19)36-16-35-23)15-22(17)18-3-7-21(8-4-18)37(33,34)28-13-10-25(30)31;;/h2-9,14-15,28H,10-13,16H2,1H3,(H,29,32)(H,30,31);2*1H. The molecule has 0 aromatic heterocycles. The molecule has 37 heavy (non-hydrogen) atoms. The number of rotatable bonds is 9. The lowest BCUT2D eigenvalue weighted by Crippen LogP contribution is -2.27. The van der Waals surface area contributed by atoms with Crippen molar-refractivity contribution in [2.45, 2.75) is 36.5 Å². The number of nitrogens with one attached hydrogen (secondary N) is 2. The minimum absolute atomic E-state index is 0. The fourth-order valence-corrected chi connectivity index (χ4v) is 5.45. The van der Waals surface area contributed by atoms with Crippen LogP contribution in [0, 0.1) is 6.92 Å². The molecule has 1 aliphatic carbocycles. The lowest BCUT2D eigenvalue weighted by Gasteiger charge is -2.17. The molecule has 0 saturated heterocycles. The van der Waals surface area contributed by atoms with Crippen molar-refractivity contribution in [3.63, 3.8) is 0 Å². The highest BCUT2D eigenvalue weighted by Gasteiger charge is 2.51. The first kappa shape index (κ1) is 24.8. The van der Waals surface area contributed by atoms with Crippen LogP contribution in [0.3, 0.4) is 0 Å². The van der Waals surface area contributed by atoms with Crippen molar-refractivity contribution in [3.8, 4) is 22.6 Å². The zero-order valence-corrected chi connectivity index (χ0v) is 20.9. The molecule has 0 atom stereocenters. The lowest BCUT2D eigenvalue weighted by atomic mass is 9.94. The van der Waals surface area contributed by atoms with Crippen molar-refractivity contribution in [2.24, 2.45) is 0 Å². The minimum atomic E-state index is -3.82. The number of hydrogen-bond acceptors (Lipinski definition) is 6. The van der Waals surface area contributed by atoms with Crippen molar-refractivity contribution in [1.82, 2.24) is 4.72 Å². The van der Waals surface area contributed by atoms with Gasteiger partial charge in [0.15, 0.2) is 11.5 Å². The van der Waals surface area contributed by atoms with Gasteiger partial charge in [-0.1, -0.05) is 24.3 Å². The lowest BCUT2D eigenvalue weighted by molar-refractivity contribution is -0.136. The second-order valence-corrected chi connectivity index (χ2v) is 11.0. The first-order valence-electron chi connectivity index (χ1n) is 11.8. The van der Waals surface area contributed by atoms with Gasteiger partial charge in [-0.15, -0.1) is 0 Å². The summed E-state index contributed by atoms with van der Waals surface area (Å²) in [5.74, 6) is 0.161. The molecule has 1 heterocycles. The van der Waals surface area contributed by atoms with E-state index < -0.39 is 21.4 Å². The van der Waals surface area contributed by atoms with Crippen LogP contribution in [0.1, 0.15) is 33.2 Å². The molecule has 5 rings (SSSR count). The Labute approximate surface area is 217 Å². The van der Waals surface area contributed by atoms with Crippen molar-refractivity contribution >= 4 is 27.6 Å². The molecular formula is C27H30N2O7S. The average molecular weight is 527 g/mol. The quantitative estimate of drug-likeness (QED) is 0.379. The van der Waals surface area contributed by atoms with Gasteiger partial charge >= 0.3 is 5.97 Å². The highest BCUT2D eigenvalue weighted by Crippen LogP contribution is 2.51. The molecule has 0 spiro atoms. The normalized spacial score (nSPS) is 15.3. The smallest absolute Gasteiger partial charge is 0.304 e. The van der Waals surface area contributed by atoms with Gasteiger partial charge in [0.25, 0.3) is 0 Å². The average Bonchev–Trinajstić information content (AvgIpc) is 3.55. The number of fused-ring (bicyclic) bond motifs is 1. The van der Waals surface area contributed by atoms with Gasteiger partial charge in [0, 0.05) is 15.1 Å². The predicted octanol–water partition coefficient (Wildman–Crippen LogP) is 4.31. The Balaban J connectivity index is 0.00000210. The number of carbonyl (C=O) groups excluding carboxylic acids is 1. The molecule has 1 saturated carbocycles. The first-order valence-corrected chi connectivity index (χ1v) is 13.3. The van der Waals surface area contributed by atoms with E-state index in [-0.39, 0.29) is 33.4 Å². The molecule has 3 aromatic rings. The molecule has 3 aromatic carbocycles. The van der Waals surface area contributed by atoms with Gasteiger partial charge in [-0.05, 0) is 78.4 Å². The zero-order valence-electron chi connectivity index (χ0n) is 20.1. The summed E-state index contributed by atoms with van der Waals surface area (Å²) >= 11 is 0. The van der Waals surface area contributed by atoms with Crippen LogP contribution in [-0.4, -0.2) is 38.7 Å². The summed E-state index contributed by atoms with van der Waals surface area (Å²) in [6.07, 6.45) is 1.19. The summed E-state index contributed by atoms with van der Waals surface area (Å²) in [6, 6.07) is 17.6. The molecule has 0 unspecified atom stereocenters. The van der Waals surface area contributed by atoms with E-state index in [4.69, 9.17) is 14.6 Å². The minimum Gasteiger partial charge on any atom is -0.481 e. The number of ether oxygens (including phenoxy) is 2. The van der Waals surface area contributed by atoms with Crippen molar-refractivity contribution in [3.05, 3.63) is 71.8 Å². The van der Waals surface area contributed by atoms with E-state index in [1.54, 1.807) is 12.1 Å². The van der Waals surface area contributed by atoms with Crippen LogP contribution in [0.4, 0.5) is 5.69 Å². The van der Waals surface area contributed by atoms with E-state index in [9.17, 15) is 18.0 Å². The molecule has 2 aliphatic rings. The molecule has 1 amide bonds. The van der Waals surface area contributed by atoms with Crippen molar-refractivity contribution in [1.29, 1.82) is 0 Å². The Morgan fingerprint density at radius 2 is 1.73 bits per heavy atom. The van der Waals surface area contributed by atoms with E-state index in [0.29, 0.717) is 17.2 Å². The maximum Gasteiger partial charge on any atom is 0.304 e. The van der Waals surface area contributed by atoms with Gasteiger partial charge in [0.05, 0.1) is 16.7 Å². The maximum absolute atomic E-state index is 13.3. The fraction of sp³-hybridized carbons (Fsp3) is 0.259. The number of anilines is 1. The first-order chi connectivity index (χ1) is 17.7. The third-order valence-electron chi connectivity index (χ3n) is 6.71. The van der Waals surface area contributed by atoms with Crippen LogP contribution in [0.25, 0.3) is 11.1 Å². The van der Waals surface area contributed by atoms with E-state index in [2.05, 4.69) is 10.0 Å². The number of amides is 1. The van der Waals surface area contributed by atoms with Gasteiger partial charge in [-0.2, -0.15) is 0 Å². The molecule has 3 N–H and O–H groups in total. The van der Waals surface area contributed by atoms with Crippen LogP contribution >= 0.6 is 0 Å². The van der Waals surface area contributed by atoms with Gasteiger partial charge < -0.3 is 19.9 Å². The van der Waals surface area contributed by atoms with Crippen LogP contribution in [0.2, 0.25) is 0 Å². The van der Waals surface area contributed by atoms with Crippen LogP contribution < -0.4 is 19.5 Å². The molecule has 10 heteroatoms. The number of benzene rings is 3. The number of hydrogen-bond donors (Lipinski definition) is 3. The molecule has 1 aliphatic heterocycles. The van der Waals surface area contributed by atoms with Crippen molar-refractivity contribution < 1.29 is 35.4 Å². The Morgan fingerprint density at radius 3 is 2.43 bits per heavy atom. The molecule has 0 bridgehead atoms. The monoisotopic (exact) mass is 526 g/mol. The zero-order chi connectivity index (χ0) is 26.2. The van der Waals surface area contributed by atoms with Crippen LogP contribution in [0.5, 0.6) is 11.5 Å².